The molecule has 1 heterocycles. The number of morpholine rings is 1. The average molecular weight is 227 g/mol. The van der Waals surface area contributed by atoms with Crippen molar-refractivity contribution in [1.29, 1.82) is 0 Å². The summed E-state index contributed by atoms with van der Waals surface area (Å²) >= 11 is 0. The molecule has 0 aromatic heterocycles. The Morgan fingerprint density at radius 3 is 2.41 bits per heavy atom. The minimum Gasteiger partial charge on any atom is -0.378 e. The number of benzene rings is 2. The highest BCUT2D eigenvalue weighted by molar-refractivity contribution is 5.96. The van der Waals surface area contributed by atoms with Crippen LogP contribution < -0.4 is 4.90 Å². The number of ether oxygens (including phenoxy) is 1. The van der Waals surface area contributed by atoms with Crippen LogP contribution in [-0.4, -0.2) is 26.3 Å². The van der Waals surface area contributed by atoms with Crippen LogP contribution in [-0.2, 0) is 4.74 Å². The number of fused-ring (bicyclic) bond motifs is 1. The normalized spacial score (nSPS) is 16.4. The third-order valence-corrected chi connectivity index (χ3v) is 3.47. The summed E-state index contributed by atoms with van der Waals surface area (Å²) in [6.45, 7) is 5.83. The summed E-state index contributed by atoms with van der Waals surface area (Å²) in [6, 6.07) is 13.1. The second kappa shape index (κ2) is 4.38. The van der Waals surface area contributed by atoms with Gasteiger partial charge in [-0.25, -0.2) is 0 Å². The third kappa shape index (κ3) is 1.89. The SMILES string of the molecule is Cc1ccc(N2CCOCC2)c2ccccc12. The Bertz CT molecular complexity index is 529. The standard InChI is InChI=1S/C15H17NO/c1-12-6-7-15(16-8-10-17-11-9-16)14-5-3-2-4-13(12)14/h2-7H,8-11H2,1H3. The summed E-state index contributed by atoms with van der Waals surface area (Å²) in [7, 11) is 0. The van der Waals surface area contributed by atoms with Gasteiger partial charge in [-0.2, -0.15) is 0 Å². The molecule has 0 spiro atoms. The molecular formula is C15H17NO. The lowest BCUT2D eigenvalue weighted by molar-refractivity contribution is 0.123. The predicted octanol–water partition coefficient (Wildman–Crippen LogP) is 2.98. The van der Waals surface area contributed by atoms with Crippen LogP contribution in [0.3, 0.4) is 0 Å². The lowest BCUT2D eigenvalue weighted by Crippen LogP contribution is -2.36. The summed E-state index contributed by atoms with van der Waals surface area (Å²) in [6.07, 6.45) is 0. The smallest absolute Gasteiger partial charge is 0.0642 e. The molecule has 2 aromatic rings. The van der Waals surface area contributed by atoms with Crippen LogP contribution in [0.4, 0.5) is 5.69 Å². The first-order valence-electron chi connectivity index (χ1n) is 6.17. The maximum Gasteiger partial charge on any atom is 0.0642 e. The molecule has 1 aliphatic heterocycles. The quantitative estimate of drug-likeness (QED) is 0.742. The van der Waals surface area contributed by atoms with E-state index in [0.29, 0.717) is 0 Å². The van der Waals surface area contributed by atoms with Gasteiger partial charge < -0.3 is 9.64 Å². The highest BCUT2D eigenvalue weighted by Crippen LogP contribution is 2.29. The van der Waals surface area contributed by atoms with Gasteiger partial charge in [-0.3, -0.25) is 0 Å². The summed E-state index contributed by atoms with van der Waals surface area (Å²) in [5.41, 5.74) is 2.69. The summed E-state index contributed by atoms with van der Waals surface area (Å²) < 4.78 is 5.42. The minimum atomic E-state index is 0.836. The van der Waals surface area contributed by atoms with E-state index in [4.69, 9.17) is 4.74 Å². The van der Waals surface area contributed by atoms with Gasteiger partial charge in [0.25, 0.3) is 0 Å². The van der Waals surface area contributed by atoms with E-state index in [1.807, 2.05) is 0 Å². The Balaban J connectivity index is 2.12. The zero-order valence-electron chi connectivity index (χ0n) is 10.1. The number of anilines is 1. The summed E-state index contributed by atoms with van der Waals surface area (Å²) in [5.74, 6) is 0. The lowest BCUT2D eigenvalue weighted by atomic mass is 10.0. The second-order valence-corrected chi connectivity index (χ2v) is 4.55. The first-order valence-corrected chi connectivity index (χ1v) is 6.17. The molecule has 88 valence electrons. The van der Waals surface area contributed by atoms with Gasteiger partial charge in [0, 0.05) is 24.2 Å². The third-order valence-electron chi connectivity index (χ3n) is 3.47. The molecule has 0 bridgehead atoms. The van der Waals surface area contributed by atoms with Gasteiger partial charge in [0.2, 0.25) is 0 Å². The first kappa shape index (κ1) is 10.6. The first-order chi connectivity index (χ1) is 8.36. The van der Waals surface area contributed by atoms with E-state index in [-0.39, 0.29) is 0 Å². The highest BCUT2D eigenvalue weighted by Gasteiger charge is 2.13. The second-order valence-electron chi connectivity index (χ2n) is 4.55. The van der Waals surface area contributed by atoms with Gasteiger partial charge in [-0.1, -0.05) is 30.3 Å². The van der Waals surface area contributed by atoms with Gasteiger partial charge in [-0.15, -0.1) is 0 Å². The van der Waals surface area contributed by atoms with Gasteiger partial charge in [0.15, 0.2) is 0 Å². The van der Waals surface area contributed by atoms with E-state index < -0.39 is 0 Å². The van der Waals surface area contributed by atoms with E-state index in [9.17, 15) is 0 Å². The molecule has 2 aromatic carbocycles. The van der Waals surface area contributed by atoms with Crippen LogP contribution in [0, 0.1) is 6.92 Å². The predicted molar refractivity (Wildman–Crippen MR) is 71.7 cm³/mol. The average Bonchev–Trinajstić information content (AvgIpc) is 2.41. The fraction of sp³-hybridized carbons (Fsp3) is 0.333. The summed E-state index contributed by atoms with van der Waals surface area (Å²) in [5, 5.41) is 2.71. The van der Waals surface area contributed by atoms with Crippen LogP contribution in [0.15, 0.2) is 36.4 Å². The Hall–Kier alpha value is -1.54. The maximum atomic E-state index is 5.42. The zero-order chi connectivity index (χ0) is 11.7. The van der Waals surface area contributed by atoms with Gasteiger partial charge in [-0.05, 0) is 23.9 Å². The monoisotopic (exact) mass is 227 g/mol. The number of rotatable bonds is 1. The molecule has 2 heteroatoms. The van der Waals surface area contributed by atoms with Crippen LogP contribution in [0.25, 0.3) is 10.8 Å². The maximum absolute atomic E-state index is 5.42. The summed E-state index contributed by atoms with van der Waals surface area (Å²) in [4.78, 5) is 2.42. The lowest BCUT2D eigenvalue weighted by Gasteiger charge is -2.30. The number of hydrogen-bond donors (Lipinski definition) is 0. The molecule has 1 aliphatic rings. The number of hydrogen-bond acceptors (Lipinski definition) is 2. The van der Waals surface area contributed by atoms with Crippen molar-refractivity contribution in [3.8, 4) is 0 Å². The largest absolute Gasteiger partial charge is 0.378 e. The fourth-order valence-electron chi connectivity index (χ4n) is 2.51. The molecule has 0 atom stereocenters. The topological polar surface area (TPSA) is 12.5 Å². The van der Waals surface area contributed by atoms with Gasteiger partial charge in [0.1, 0.15) is 0 Å². The zero-order valence-corrected chi connectivity index (χ0v) is 10.1. The van der Waals surface area contributed by atoms with Crippen molar-refractivity contribution >= 4 is 16.5 Å². The minimum absolute atomic E-state index is 0.836. The molecule has 0 radical (unpaired) electrons. The Morgan fingerprint density at radius 2 is 1.65 bits per heavy atom. The Kier molecular flexibility index (Phi) is 2.73. The molecule has 0 unspecified atom stereocenters. The van der Waals surface area contributed by atoms with E-state index >= 15 is 0 Å². The van der Waals surface area contributed by atoms with E-state index in [1.54, 1.807) is 0 Å². The molecule has 0 aliphatic carbocycles. The van der Waals surface area contributed by atoms with Gasteiger partial charge in [0.05, 0.1) is 13.2 Å². The van der Waals surface area contributed by atoms with Crippen molar-refractivity contribution in [3.63, 3.8) is 0 Å². The van der Waals surface area contributed by atoms with Crippen molar-refractivity contribution in [1.82, 2.24) is 0 Å². The van der Waals surface area contributed by atoms with Crippen LogP contribution in [0.2, 0.25) is 0 Å². The van der Waals surface area contributed by atoms with E-state index in [1.165, 1.54) is 22.0 Å². The van der Waals surface area contributed by atoms with E-state index in [2.05, 4.69) is 48.2 Å². The van der Waals surface area contributed by atoms with Crippen molar-refractivity contribution in [2.24, 2.45) is 0 Å². The molecule has 0 N–H and O–H groups in total. The van der Waals surface area contributed by atoms with Crippen LogP contribution in [0.5, 0.6) is 0 Å². The van der Waals surface area contributed by atoms with Crippen LogP contribution in [0.1, 0.15) is 5.56 Å². The molecule has 1 fully saturated rings. The molecule has 3 rings (SSSR count). The molecular weight excluding hydrogens is 210 g/mol. The number of nitrogens with zero attached hydrogens (tertiary/aromatic N) is 1. The van der Waals surface area contributed by atoms with Crippen molar-refractivity contribution < 1.29 is 4.74 Å². The van der Waals surface area contributed by atoms with Gasteiger partial charge >= 0.3 is 0 Å². The van der Waals surface area contributed by atoms with E-state index in [0.717, 1.165) is 26.3 Å². The highest BCUT2D eigenvalue weighted by atomic mass is 16.5. The Morgan fingerprint density at radius 1 is 0.941 bits per heavy atom. The molecule has 2 nitrogen and oxygen atoms in total. The number of aryl methyl sites for hydroxylation is 1. The van der Waals surface area contributed by atoms with Crippen molar-refractivity contribution in [3.05, 3.63) is 42.0 Å². The molecule has 0 saturated carbocycles. The fourth-order valence-corrected chi connectivity index (χ4v) is 2.51. The Labute approximate surface area is 102 Å². The molecule has 17 heavy (non-hydrogen) atoms. The van der Waals surface area contributed by atoms with Crippen LogP contribution >= 0.6 is 0 Å². The van der Waals surface area contributed by atoms with Crippen molar-refractivity contribution in [2.45, 2.75) is 6.92 Å². The van der Waals surface area contributed by atoms with Crippen molar-refractivity contribution in [2.75, 3.05) is 31.2 Å². The molecule has 0 amide bonds. The molecule has 1 saturated heterocycles.